The lowest BCUT2D eigenvalue weighted by molar-refractivity contribution is 0.0950. The number of halogens is 2. The first-order valence-electron chi connectivity index (χ1n) is 5.05. The standard InChI is InChI=1S/C13H7F2NO2/c14-8-3-4-9(11(15)6-8)10(7-16)13(17)12-2-1-5-18-12/h1-6,10H. The van der Waals surface area contributed by atoms with Crippen LogP contribution >= 0.6 is 0 Å². The van der Waals surface area contributed by atoms with Crippen LogP contribution in [0.5, 0.6) is 0 Å². The third-order valence-electron chi connectivity index (χ3n) is 2.43. The summed E-state index contributed by atoms with van der Waals surface area (Å²) in [7, 11) is 0. The van der Waals surface area contributed by atoms with Crippen LogP contribution in [0.3, 0.4) is 0 Å². The van der Waals surface area contributed by atoms with Crippen molar-refractivity contribution in [1.29, 1.82) is 5.26 Å². The summed E-state index contributed by atoms with van der Waals surface area (Å²) in [6.07, 6.45) is 1.28. The van der Waals surface area contributed by atoms with Gasteiger partial charge in [-0.2, -0.15) is 5.26 Å². The topological polar surface area (TPSA) is 54.0 Å². The van der Waals surface area contributed by atoms with Crippen molar-refractivity contribution in [2.45, 2.75) is 5.92 Å². The van der Waals surface area contributed by atoms with Crippen molar-refractivity contribution >= 4 is 5.78 Å². The maximum Gasteiger partial charge on any atom is 0.219 e. The highest BCUT2D eigenvalue weighted by molar-refractivity contribution is 6.00. The van der Waals surface area contributed by atoms with Crippen molar-refractivity contribution in [2.75, 3.05) is 0 Å². The maximum absolute atomic E-state index is 13.5. The van der Waals surface area contributed by atoms with Gasteiger partial charge in [0.15, 0.2) is 5.76 Å². The number of nitriles is 1. The Morgan fingerprint density at radius 3 is 2.67 bits per heavy atom. The highest BCUT2D eigenvalue weighted by Gasteiger charge is 2.26. The zero-order chi connectivity index (χ0) is 13.1. The van der Waals surface area contributed by atoms with Gasteiger partial charge < -0.3 is 4.42 Å². The minimum atomic E-state index is -1.35. The Morgan fingerprint density at radius 2 is 2.11 bits per heavy atom. The van der Waals surface area contributed by atoms with E-state index < -0.39 is 23.3 Å². The Morgan fingerprint density at radius 1 is 1.33 bits per heavy atom. The van der Waals surface area contributed by atoms with Gasteiger partial charge >= 0.3 is 0 Å². The minimum absolute atomic E-state index is 0.0368. The van der Waals surface area contributed by atoms with Crippen molar-refractivity contribution in [1.82, 2.24) is 0 Å². The maximum atomic E-state index is 13.5. The summed E-state index contributed by atoms with van der Waals surface area (Å²) in [6, 6.07) is 7.28. The number of hydrogen-bond donors (Lipinski definition) is 0. The van der Waals surface area contributed by atoms with Crippen molar-refractivity contribution < 1.29 is 18.0 Å². The average molecular weight is 247 g/mol. The van der Waals surface area contributed by atoms with Gasteiger partial charge in [0.2, 0.25) is 5.78 Å². The zero-order valence-electron chi connectivity index (χ0n) is 9.06. The molecule has 0 aliphatic carbocycles. The molecule has 1 heterocycles. The fraction of sp³-hybridized carbons (Fsp3) is 0.0769. The molecule has 0 radical (unpaired) electrons. The molecule has 0 bridgehead atoms. The van der Waals surface area contributed by atoms with Crippen LogP contribution in [0, 0.1) is 23.0 Å². The molecule has 0 N–H and O–H groups in total. The summed E-state index contributed by atoms with van der Waals surface area (Å²) in [4.78, 5) is 11.9. The van der Waals surface area contributed by atoms with Crippen LogP contribution in [-0.4, -0.2) is 5.78 Å². The fourth-order valence-electron chi connectivity index (χ4n) is 1.57. The number of nitrogens with zero attached hydrogens (tertiary/aromatic N) is 1. The number of Topliss-reactive ketones (excluding diaryl/α,β-unsaturated/α-hetero) is 1. The van der Waals surface area contributed by atoms with E-state index >= 15 is 0 Å². The first-order chi connectivity index (χ1) is 8.63. The van der Waals surface area contributed by atoms with E-state index in [1.54, 1.807) is 6.07 Å². The van der Waals surface area contributed by atoms with Crippen LogP contribution in [0.15, 0.2) is 41.0 Å². The molecule has 0 saturated heterocycles. The van der Waals surface area contributed by atoms with Gasteiger partial charge in [-0.3, -0.25) is 4.79 Å². The second kappa shape index (κ2) is 4.80. The molecule has 1 unspecified atom stereocenters. The van der Waals surface area contributed by atoms with E-state index in [9.17, 15) is 13.6 Å². The summed E-state index contributed by atoms with van der Waals surface area (Å²) in [5.74, 6) is -3.74. The quantitative estimate of drug-likeness (QED) is 0.783. The highest BCUT2D eigenvalue weighted by Crippen LogP contribution is 2.23. The number of furan rings is 1. The Labute approximate surface area is 101 Å². The second-order valence-electron chi connectivity index (χ2n) is 3.57. The van der Waals surface area contributed by atoms with Crippen molar-refractivity contribution in [3.8, 4) is 6.07 Å². The van der Waals surface area contributed by atoms with Crippen molar-refractivity contribution in [2.24, 2.45) is 0 Å². The largest absolute Gasteiger partial charge is 0.461 e. The zero-order valence-corrected chi connectivity index (χ0v) is 9.06. The van der Waals surface area contributed by atoms with Crippen LogP contribution in [0.4, 0.5) is 8.78 Å². The smallest absolute Gasteiger partial charge is 0.219 e. The summed E-state index contributed by atoms with van der Waals surface area (Å²) in [6.45, 7) is 0. The molecule has 2 rings (SSSR count). The monoisotopic (exact) mass is 247 g/mol. The van der Waals surface area contributed by atoms with E-state index in [2.05, 4.69) is 0 Å². The minimum Gasteiger partial charge on any atom is -0.461 e. The summed E-state index contributed by atoms with van der Waals surface area (Å²) < 4.78 is 31.1. The van der Waals surface area contributed by atoms with Gasteiger partial charge in [0.1, 0.15) is 17.6 Å². The van der Waals surface area contributed by atoms with Crippen molar-refractivity contribution in [3.63, 3.8) is 0 Å². The van der Waals surface area contributed by atoms with E-state index in [1.165, 1.54) is 18.4 Å². The number of hydrogen-bond acceptors (Lipinski definition) is 3. The van der Waals surface area contributed by atoms with Gasteiger partial charge in [-0.05, 0) is 18.2 Å². The number of carbonyl (C=O) groups excluding carboxylic acids is 1. The number of carbonyl (C=O) groups is 1. The van der Waals surface area contributed by atoms with Gasteiger partial charge in [-0.15, -0.1) is 0 Å². The van der Waals surface area contributed by atoms with Crippen LogP contribution in [0.1, 0.15) is 22.0 Å². The molecule has 0 amide bonds. The van der Waals surface area contributed by atoms with Crippen molar-refractivity contribution in [3.05, 3.63) is 59.6 Å². The van der Waals surface area contributed by atoms with E-state index in [4.69, 9.17) is 9.68 Å². The van der Waals surface area contributed by atoms with Crippen LogP contribution in [0.2, 0.25) is 0 Å². The van der Waals surface area contributed by atoms with Crippen LogP contribution < -0.4 is 0 Å². The lowest BCUT2D eigenvalue weighted by atomic mass is 9.94. The summed E-state index contributed by atoms with van der Waals surface area (Å²) in [5, 5.41) is 8.97. The molecule has 1 aromatic carbocycles. The number of rotatable bonds is 3. The van der Waals surface area contributed by atoms with E-state index in [-0.39, 0.29) is 11.3 Å². The van der Waals surface area contributed by atoms with Crippen LogP contribution in [0.25, 0.3) is 0 Å². The van der Waals surface area contributed by atoms with Gasteiger partial charge in [-0.25, -0.2) is 8.78 Å². The normalized spacial score (nSPS) is 11.8. The Hall–Kier alpha value is -2.48. The first-order valence-corrected chi connectivity index (χ1v) is 5.05. The molecule has 0 aliphatic heterocycles. The molecule has 90 valence electrons. The predicted molar refractivity (Wildman–Crippen MR) is 57.8 cm³/mol. The summed E-state index contributed by atoms with van der Waals surface area (Å²) >= 11 is 0. The molecule has 0 aliphatic rings. The first kappa shape index (κ1) is 12.0. The molecule has 5 heteroatoms. The summed E-state index contributed by atoms with van der Waals surface area (Å²) in [5.41, 5.74) is -0.166. The molecule has 3 nitrogen and oxygen atoms in total. The SMILES string of the molecule is N#CC(C(=O)c1ccco1)c1ccc(F)cc1F. The van der Waals surface area contributed by atoms with Gasteiger partial charge in [0, 0.05) is 11.6 Å². The second-order valence-corrected chi connectivity index (χ2v) is 3.57. The van der Waals surface area contributed by atoms with Gasteiger partial charge in [0.05, 0.1) is 12.3 Å². The van der Waals surface area contributed by atoms with E-state index in [0.717, 1.165) is 12.1 Å². The van der Waals surface area contributed by atoms with Crippen LogP contribution in [-0.2, 0) is 0 Å². The Balaban J connectivity index is 2.41. The Kier molecular flexibility index (Phi) is 3.20. The molecule has 0 spiro atoms. The average Bonchev–Trinajstić information content (AvgIpc) is 2.86. The molecule has 1 aromatic heterocycles. The van der Waals surface area contributed by atoms with E-state index in [0.29, 0.717) is 6.07 Å². The molecule has 0 saturated carbocycles. The molecule has 2 aromatic rings. The molecule has 0 fully saturated rings. The molecule has 1 atom stereocenters. The lowest BCUT2D eigenvalue weighted by Crippen LogP contribution is -2.12. The number of ketones is 1. The molecular weight excluding hydrogens is 240 g/mol. The van der Waals surface area contributed by atoms with Gasteiger partial charge in [0.25, 0.3) is 0 Å². The lowest BCUT2D eigenvalue weighted by Gasteiger charge is -2.07. The third-order valence-corrected chi connectivity index (χ3v) is 2.43. The van der Waals surface area contributed by atoms with E-state index in [1.807, 2.05) is 0 Å². The predicted octanol–water partition coefficient (Wildman–Crippen LogP) is 3.05. The molecular formula is C13H7F2NO2. The highest BCUT2D eigenvalue weighted by atomic mass is 19.1. The van der Waals surface area contributed by atoms with Gasteiger partial charge in [-0.1, -0.05) is 6.07 Å². The molecule has 18 heavy (non-hydrogen) atoms. The number of benzene rings is 1. The Bertz CT molecular complexity index is 614. The third kappa shape index (κ3) is 2.13. The fourth-order valence-corrected chi connectivity index (χ4v) is 1.57.